The summed E-state index contributed by atoms with van der Waals surface area (Å²) in [7, 11) is -0.304. The molecule has 1 saturated heterocycles. The molecule has 6 heteroatoms. The first-order valence-corrected chi connectivity index (χ1v) is 11.5. The predicted octanol–water partition coefficient (Wildman–Crippen LogP) is 2.63. The van der Waals surface area contributed by atoms with Gasteiger partial charge in [-0.15, -0.1) is 0 Å². The Balaban J connectivity index is 1.50. The average molecular weight is 392 g/mol. The third kappa shape index (κ3) is 2.45. The molecule has 0 amide bonds. The molecule has 28 heavy (non-hydrogen) atoms. The van der Waals surface area contributed by atoms with Crippen LogP contribution in [-0.4, -0.2) is 53.0 Å². The van der Waals surface area contributed by atoms with E-state index in [4.69, 9.17) is 9.31 Å². The number of hydrogen-bond donors (Lipinski definition) is 3. The van der Waals surface area contributed by atoms with Crippen LogP contribution in [0.25, 0.3) is 0 Å². The maximum atomic E-state index is 11.5. The number of aliphatic hydroxyl groups is 3. The molecule has 4 saturated carbocycles. The van der Waals surface area contributed by atoms with Crippen molar-refractivity contribution in [3.8, 4) is 0 Å². The molecule has 1 aliphatic heterocycles. The summed E-state index contributed by atoms with van der Waals surface area (Å²) in [6.45, 7) is 6.90. The minimum Gasteiger partial charge on any atom is -0.408 e. The maximum Gasteiger partial charge on any atom is 0.454 e. The van der Waals surface area contributed by atoms with Crippen LogP contribution < -0.4 is 0 Å². The van der Waals surface area contributed by atoms with Crippen molar-refractivity contribution in [1.82, 2.24) is 0 Å². The smallest absolute Gasteiger partial charge is 0.408 e. The lowest BCUT2D eigenvalue weighted by Gasteiger charge is -2.64. The van der Waals surface area contributed by atoms with Gasteiger partial charge in [-0.3, -0.25) is 0 Å². The number of fused-ring (bicyclic) bond motifs is 6. The van der Waals surface area contributed by atoms with Crippen LogP contribution in [0.5, 0.6) is 0 Å². The van der Waals surface area contributed by atoms with E-state index in [-0.39, 0.29) is 30.2 Å². The Kier molecular flexibility index (Phi) is 4.55. The van der Waals surface area contributed by atoms with Crippen molar-refractivity contribution < 1.29 is 24.6 Å². The zero-order valence-electron chi connectivity index (χ0n) is 17.6. The van der Waals surface area contributed by atoms with Gasteiger partial charge in [0.05, 0.1) is 24.4 Å². The lowest BCUT2D eigenvalue weighted by Crippen LogP contribution is -2.67. The van der Waals surface area contributed by atoms with E-state index in [9.17, 15) is 15.3 Å². The molecule has 10 atom stereocenters. The molecular weight excluding hydrogens is 355 g/mol. The average Bonchev–Trinajstić information content (AvgIpc) is 2.91. The fourth-order valence-electron chi connectivity index (χ4n) is 8.89. The highest BCUT2D eigenvalue weighted by Crippen LogP contribution is 2.69. The Morgan fingerprint density at radius 1 is 1.00 bits per heavy atom. The quantitative estimate of drug-likeness (QED) is 0.553. The van der Waals surface area contributed by atoms with Crippen molar-refractivity contribution in [3.05, 3.63) is 0 Å². The molecule has 3 N–H and O–H groups in total. The zero-order chi connectivity index (χ0) is 19.9. The first kappa shape index (κ1) is 19.8. The number of hydrogen-bond acceptors (Lipinski definition) is 5. The second-order valence-corrected chi connectivity index (χ2v) is 11.2. The van der Waals surface area contributed by atoms with Gasteiger partial charge < -0.3 is 24.6 Å². The summed E-state index contributed by atoms with van der Waals surface area (Å²) in [6, 6.07) is 0. The van der Waals surface area contributed by atoms with Gasteiger partial charge in [-0.05, 0) is 87.3 Å². The standard InChI is InChI=1S/C22H37BO5/c1-20-8-6-14(24)10-13(20)4-5-15-16-7-9-22(18(26)12-27-23(3)28-22)21(16,2)11-17(25)19(15)20/h13-19,24-26H,4-12H2,1-3H3/t13-,14-,15+,16+,17?,18-,19-,20+,21+,22+/m1/s1. The molecule has 1 unspecified atom stereocenters. The summed E-state index contributed by atoms with van der Waals surface area (Å²) >= 11 is 0. The highest BCUT2D eigenvalue weighted by atomic mass is 16.6. The van der Waals surface area contributed by atoms with Gasteiger partial charge in [0, 0.05) is 5.41 Å². The van der Waals surface area contributed by atoms with E-state index in [0.717, 1.165) is 44.9 Å². The van der Waals surface area contributed by atoms with Crippen LogP contribution in [-0.2, 0) is 9.31 Å². The van der Waals surface area contributed by atoms with E-state index in [0.29, 0.717) is 36.7 Å². The summed E-state index contributed by atoms with van der Waals surface area (Å²) in [5.74, 6) is 1.79. The molecular formula is C22H37BO5. The Morgan fingerprint density at radius 2 is 1.79 bits per heavy atom. The van der Waals surface area contributed by atoms with Crippen LogP contribution in [0, 0.1) is 34.5 Å². The van der Waals surface area contributed by atoms with Gasteiger partial charge in [0.25, 0.3) is 0 Å². The topological polar surface area (TPSA) is 79.2 Å². The molecule has 0 aromatic carbocycles. The van der Waals surface area contributed by atoms with Crippen molar-refractivity contribution in [2.45, 2.75) is 96.0 Å². The van der Waals surface area contributed by atoms with E-state index in [1.807, 2.05) is 6.82 Å². The first-order chi connectivity index (χ1) is 13.2. The molecule has 1 spiro atoms. The summed E-state index contributed by atoms with van der Waals surface area (Å²) in [5, 5.41) is 32.7. The fourth-order valence-corrected chi connectivity index (χ4v) is 8.89. The summed E-state index contributed by atoms with van der Waals surface area (Å²) < 4.78 is 12.0. The van der Waals surface area contributed by atoms with Crippen LogP contribution in [0.1, 0.15) is 65.2 Å². The SMILES string of the molecule is CB1OC[C@@H](O)[C@]2(CC[C@H]3[C@@H]4CC[C@@H]5C[C@H](O)CC[C@]5(C)[C@H]4C(O)C[C@@]32C)O1. The van der Waals surface area contributed by atoms with Crippen molar-refractivity contribution in [3.63, 3.8) is 0 Å². The molecule has 5 fully saturated rings. The van der Waals surface area contributed by atoms with Crippen LogP contribution in [0.3, 0.4) is 0 Å². The monoisotopic (exact) mass is 392 g/mol. The highest BCUT2D eigenvalue weighted by molar-refractivity contribution is 6.42. The van der Waals surface area contributed by atoms with E-state index >= 15 is 0 Å². The largest absolute Gasteiger partial charge is 0.454 e. The Morgan fingerprint density at radius 3 is 2.57 bits per heavy atom. The van der Waals surface area contributed by atoms with Gasteiger partial charge >= 0.3 is 7.12 Å². The minimum absolute atomic E-state index is 0.126. The minimum atomic E-state index is -0.626. The predicted molar refractivity (Wildman–Crippen MR) is 107 cm³/mol. The van der Waals surface area contributed by atoms with E-state index in [1.54, 1.807) is 0 Å². The summed E-state index contributed by atoms with van der Waals surface area (Å²) in [5.41, 5.74) is -0.689. The second-order valence-electron chi connectivity index (χ2n) is 11.2. The second kappa shape index (κ2) is 6.43. The van der Waals surface area contributed by atoms with E-state index < -0.39 is 11.7 Å². The van der Waals surface area contributed by atoms with Gasteiger partial charge in [0.15, 0.2) is 0 Å². The molecule has 0 bridgehead atoms. The fraction of sp³-hybridized carbons (Fsp3) is 1.00. The van der Waals surface area contributed by atoms with Crippen LogP contribution in [0.2, 0.25) is 6.82 Å². The lowest BCUT2D eigenvalue weighted by atomic mass is 9.43. The summed E-state index contributed by atoms with van der Waals surface area (Å²) in [6.07, 6.45) is 6.55. The molecule has 0 radical (unpaired) electrons. The Bertz CT molecular complexity index is 632. The molecule has 158 valence electrons. The van der Waals surface area contributed by atoms with Crippen LogP contribution >= 0.6 is 0 Å². The Labute approximate surface area is 169 Å². The maximum absolute atomic E-state index is 11.5. The van der Waals surface area contributed by atoms with Crippen molar-refractivity contribution >= 4 is 7.12 Å². The Hall–Kier alpha value is -0.135. The van der Waals surface area contributed by atoms with Gasteiger partial charge in [-0.25, -0.2) is 0 Å². The molecule has 5 nitrogen and oxygen atoms in total. The molecule has 0 aromatic rings. The van der Waals surface area contributed by atoms with Gasteiger partial charge in [0.1, 0.15) is 6.10 Å². The molecule has 5 aliphatic rings. The molecule has 4 aliphatic carbocycles. The first-order valence-electron chi connectivity index (χ1n) is 11.5. The summed E-state index contributed by atoms with van der Waals surface area (Å²) in [4.78, 5) is 0. The van der Waals surface area contributed by atoms with Gasteiger partial charge in [-0.2, -0.15) is 0 Å². The highest BCUT2D eigenvalue weighted by Gasteiger charge is 2.70. The van der Waals surface area contributed by atoms with Crippen LogP contribution in [0.4, 0.5) is 0 Å². The van der Waals surface area contributed by atoms with Crippen LogP contribution in [0.15, 0.2) is 0 Å². The third-order valence-corrected chi connectivity index (χ3v) is 10.2. The van der Waals surface area contributed by atoms with Crippen molar-refractivity contribution in [2.24, 2.45) is 34.5 Å². The van der Waals surface area contributed by atoms with Crippen molar-refractivity contribution in [2.75, 3.05) is 6.61 Å². The zero-order valence-corrected chi connectivity index (χ0v) is 17.6. The lowest BCUT2D eigenvalue weighted by molar-refractivity contribution is -0.229. The molecule has 0 aromatic heterocycles. The van der Waals surface area contributed by atoms with E-state index in [2.05, 4.69) is 13.8 Å². The molecule has 5 rings (SSSR count). The number of aliphatic hydroxyl groups excluding tert-OH is 3. The van der Waals surface area contributed by atoms with Gasteiger partial charge in [-0.1, -0.05) is 13.8 Å². The van der Waals surface area contributed by atoms with Gasteiger partial charge in [0.2, 0.25) is 0 Å². The van der Waals surface area contributed by atoms with E-state index in [1.165, 1.54) is 0 Å². The van der Waals surface area contributed by atoms with Crippen molar-refractivity contribution in [1.29, 1.82) is 0 Å². The number of rotatable bonds is 0. The normalized spacial score (nSPS) is 58.9. The third-order valence-electron chi connectivity index (χ3n) is 10.2. The molecule has 1 heterocycles.